The summed E-state index contributed by atoms with van der Waals surface area (Å²) in [5, 5.41) is 9.35. The first-order chi connectivity index (χ1) is 9.22. The van der Waals surface area contributed by atoms with Gasteiger partial charge >= 0.3 is 0 Å². The van der Waals surface area contributed by atoms with E-state index in [1.807, 2.05) is 51.1 Å². The Labute approximate surface area is 122 Å². The third-order valence-corrected chi connectivity index (χ3v) is 4.45. The first-order valence-electron chi connectivity index (χ1n) is 6.87. The van der Waals surface area contributed by atoms with Crippen molar-refractivity contribution in [3.05, 3.63) is 35.9 Å². The fraction of sp³-hybridized carbons (Fsp3) is 0.600. The smallest absolute Gasteiger partial charge is 0.211 e. The summed E-state index contributed by atoms with van der Waals surface area (Å²) >= 11 is 0. The van der Waals surface area contributed by atoms with E-state index in [2.05, 4.69) is 4.72 Å². The van der Waals surface area contributed by atoms with Crippen LogP contribution in [0.15, 0.2) is 30.3 Å². The number of hydrogen-bond donors (Lipinski definition) is 2. The van der Waals surface area contributed by atoms with E-state index >= 15 is 0 Å². The summed E-state index contributed by atoms with van der Waals surface area (Å²) in [6, 6.07) is 9.08. The van der Waals surface area contributed by atoms with E-state index in [-0.39, 0.29) is 17.8 Å². The zero-order valence-corrected chi connectivity index (χ0v) is 13.3. The highest BCUT2D eigenvalue weighted by molar-refractivity contribution is 7.89. The molecule has 0 unspecified atom stereocenters. The molecular weight excluding hydrogens is 274 g/mol. The highest BCUT2D eigenvalue weighted by atomic mass is 32.2. The lowest BCUT2D eigenvalue weighted by Gasteiger charge is -2.20. The summed E-state index contributed by atoms with van der Waals surface area (Å²) in [7, 11) is -3.36. The summed E-state index contributed by atoms with van der Waals surface area (Å²) in [6.07, 6.45) is 1.08. The van der Waals surface area contributed by atoms with Crippen molar-refractivity contribution in [2.45, 2.75) is 39.7 Å². The molecule has 0 fully saturated rings. The number of benzene rings is 1. The highest BCUT2D eigenvalue weighted by Crippen LogP contribution is 2.19. The van der Waals surface area contributed by atoms with Gasteiger partial charge in [0.05, 0.1) is 12.4 Å². The fourth-order valence-electron chi connectivity index (χ4n) is 1.80. The second kappa shape index (κ2) is 7.20. The van der Waals surface area contributed by atoms with Gasteiger partial charge in [-0.15, -0.1) is 0 Å². The van der Waals surface area contributed by atoms with Gasteiger partial charge in [-0.2, -0.15) is 0 Å². The van der Waals surface area contributed by atoms with E-state index in [1.165, 1.54) is 0 Å². The quantitative estimate of drug-likeness (QED) is 0.808. The molecule has 0 amide bonds. The maximum absolute atomic E-state index is 12.0. The lowest BCUT2D eigenvalue weighted by atomic mass is 9.94. The van der Waals surface area contributed by atoms with Gasteiger partial charge < -0.3 is 5.11 Å². The largest absolute Gasteiger partial charge is 0.395 e. The van der Waals surface area contributed by atoms with Gasteiger partial charge in [0.25, 0.3) is 0 Å². The Morgan fingerprint density at radius 3 is 2.30 bits per heavy atom. The van der Waals surface area contributed by atoms with E-state index < -0.39 is 16.1 Å². The molecule has 1 aromatic rings. The topological polar surface area (TPSA) is 66.4 Å². The Hall–Kier alpha value is -0.910. The number of aliphatic hydroxyl groups is 1. The van der Waals surface area contributed by atoms with Crippen LogP contribution in [-0.2, 0) is 16.4 Å². The minimum Gasteiger partial charge on any atom is -0.395 e. The minimum absolute atomic E-state index is 0.0249. The van der Waals surface area contributed by atoms with Crippen molar-refractivity contribution in [2.75, 3.05) is 12.4 Å². The Kier molecular flexibility index (Phi) is 6.17. The van der Waals surface area contributed by atoms with Gasteiger partial charge in [-0.3, -0.25) is 0 Å². The molecule has 1 aromatic carbocycles. The first kappa shape index (κ1) is 17.1. The molecule has 1 rings (SSSR count). The Morgan fingerprint density at radius 2 is 1.80 bits per heavy atom. The van der Waals surface area contributed by atoms with Gasteiger partial charge in [0.2, 0.25) is 10.0 Å². The van der Waals surface area contributed by atoms with Crippen LogP contribution in [0.5, 0.6) is 0 Å². The normalized spacial score (nSPS) is 14.2. The predicted octanol–water partition coefficient (Wildman–Crippen LogP) is 1.95. The molecule has 2 N–H and O–H groups in total. The monoisotopic (exact) mass is 299 g/mol. The Bertz CT molecular complexity index is 492. The molecule has 0 aromatic heterocycles. The van der Waals surface area contributed by atoms with E-state index in [1.54, 1.807) is 0 Å². The third kappa shape index (κ3) is 7.03. The summed E-state index contributed by atoms with van der Waals surface area (Å²) < 4.78 is 26.6. The average molecular weight is 299 g/mol. The predicted molar refractivity (Wildman–Crippen MR) is 82.0 cm³/mol. The van der Waals surface area contributed by atoms with Crippen LogP contribution >= 0.6 is 0 Å². The molecule has 0 saturated carbocycles. The number of sulfonamides is 1. The van der Waals surface area contributed by atoms with Crippen molar-refractivity contribution in [1.29, 1.82) is 0 Å². The Morgan fingerprint density at radius 1 is 1.20 bits per heavy atom. The van der Waals surface area contributed by atoms with E-state index in [4.69, 9.17) is 0 Å². The average Bonchev–Trinajstić information content (AvgIpc) is 2.36. The molecule has 0 radical (unpaired) electrons. The summed E-state index contributed by atoms with van der Waals surface area (Å²) in [5.41, 5.74) is 0.980. The molecule has 0 bridgehead atoms. The van der Waals surface area contributed by atoms with Gasteiger partial charge in [-0.25, -0.2) is 13.1 Å². The first-order valence-corrected chi connectivity index (χ1v) is 8.52. The van der Waals surface area contributed by atoms with Crippen LogP contribution in [0.3, 0.4) is 0 Å². The van der Waals surface area contributed by atoms with Gasteiger partial charge in [0, 0.05) is 6.04 Å². The molecule has 0 aliphatic carbocycles. The molecule has 114 valence electrons. The SMILES string of the molecule is CC(C)(C)CCS(=O)(=O)N[C@H](CO)Cc1ccccc1. The zero-order valence-electron chi connectivity index (χ0n) is 12.5. The summed E-state index contributed by atoms with van der Waals surface area (Å²) in [5.74, 6) is 0.0851. The van der Waals surface area contributed by atoms with E-state index in [0.717, 1.165) is 5.56 Å². The lowest BCUT2D eigenvalue weighted by molar-refractivity contribution is 0.256. The van der Waals surface area contributed by atoms with Gasteiger partial charge in [0.1, 0.15) is 0 Å². The van der Waals surface area contributed by atoms with Gasteiger partial charge in [0.15, 0.2) is 0 Å². The summed E-state index contributed by atoms with van der Waals surface area (Å²) in [6.45, 7) is 5.83. The molecule has 0 heterocycles. The van der Waals surface area contributed by atoms with Crippen molar-refractivity contribution < 1.29 is 13.5 Å². The van der Waals surface area contributed by atoms with E-state index in [9.17, 15) is 13.5 Å². The molecule has 20 heavy (non-hydrogen) atoms. The number of nitrogens with one attached hydrogen (secondary N) is 1. The van der Waals surface area contributed by atoms with Crippen molar-refractivity contribution in [2.24, 2.45) is 5.41 Å². The maximum atomic E-state index is 12.0. The van der Waals surface area contributed by atoms with Crippen molar-refractivity contribution in [1.82, 2.24) is 4.72 Å². The molecular formula is C15H25NO3S. The van der Waals surface area contributed by atoms with Crippen LogP contribution in [0.4, 0.5) is 0 Å². The molecule has 0 saturated heterocycles. The van der Waals surface area contributed by atoms with Crippen molar-refractivity contribution >= 4 is 10.0 Å². The second-order valence-electron chi connectivity index (χ2n) is 6.32. The molecule has 5 heteroatoms. The van der Waals surface area contributed by atoms with Crippen LogP contribution in [-0.4, -0.2) is 31.9 Å². The van der Waals surface area contributed by atoms with Crippen molar-refractivity contribution in [3.63, 3.8) is 0 Å². The number of hydrogen-bond acceptors (Lipinski definition) is 3. The van der Waals surface area contributed by atoms with E-state index in [0.29, 0.717) is 12.8 Å². The fourth-order valence-corrected chi connectivity index (χ4v) is 3.46. The van der Waals surface area contributed by atoms with Crippen molar-refractivity contribution in [3.8, 4) is 0 Å². The zero-order chi connectivity index (χ0) is 15.2. The van der Waals surface area contributed by atoms with Crippen LogP contribution in [0, 0.1) is 5.41 Å². The molecule has 0 aliphatic rings. The Balaban J connectivity index is 2.59. The van der Waals surface area contributed by atoms with Crippen LogP contribution < -0.4 is 4.72 Å². The molecule has 1 atom stereocenters. The van der Waals surface area contributed by atoms with Gasteiger partial charge in [-0.05, 0) is 23.8 Å². The standard InChI is InChI=1S/C15H25NO3S/c1-15(2,3)9-10-20(18,19)16-14(12-17)11-13-7-5-4-6-8-13/h4-8,14,16-17H,9-12H2,1-3H3/t14-/m0/s1. The van der Waals surface area contributed by atoms with Crippen LogP contribution in [0.1, 0.15) is 32.8 Å². The third-order valence-electron chi connectivity index (χ3n) is 3.01. The maximum Gasteiger partial charge on any atom is 0.211 e. The molecule has 0 spiro atoms. The minimum atomic E-state index is -3.36. The molecule has 0 aliphatic heterocycles. The van der Waals surface area contributed by atoms with Crippen LogP contribution in [0.25, 0.3) is 0 Å². The van der Waals surface area contributed by atoms with Crippen LogP contribution in [0.2, 0.25) is 0 Å². The molecule has 4 nitrogen and oxygen atoms in total. The number of aliphatic hydroxyl groups excluding tert-OH is 1. The highest BCUT2D eigenvalue weighted by Gasteiger charge is 2.20. The van der Waals surface area contributed by atoms with Gasteiger partial charge in [-0.1, -0.05) is 51.1 Å². The second-order valence-corrected chi connectivity index (χ2v) is 8.19. The number of rotatable bonds is 7. The summed E-state index contributed by atoms with van der Waals surface area (Å²) in [4.78, 5) is 0. The lowest BCUT2D eigenvalue weighted by Crippen LogP contribution is -2.40.